The number of hydrogen-bond donors (Lipinski definition) is 0. The second kappa shape index (κ2) is 11.0. The van der Waals surface area contributed by atoms with Crippen molar-refractivity contribution >= 4 is 27.6 Å². The number of carbonyl (C=O) groups excluding carboxylic acids is 2. The van der Waals surface area contributed by atoms with Gasteiger partial charge in [-0.3, -0.25) is 4.79 Å². The molecule has 3 aromatic rings. The quantitative estimate of drug-likeness (QED) is 0.423. The van der Waals surface area contributed by atoms with Gasteiger partial charge in [0, 0.05) is 6.54 Å². The maximum absolute atomic E-state index is 14.1. The number of sulfonamides is 1. The molecule has 1 atom stereocenters. The molecule has 0 bridgehead atoms. The number of ether oxygens (including phenoxy) is 2. The monoisotopic (exact) mass is 536 g/mol. The van der Waals surface area contributed by atoms with Crippen LogP contribution < -0.4 is 9.64 Å². The van der Waals surface area contributed by atoms with E-state index in [2.05, 4.69) is 0 Å². The van der Waals surface area contributed by atoms with E-state index in [1.54, 1.807) is 38.1 Å². The Morgan fingerprint density at radius 3 is 2.24 bits per heavy atom. The van der Waals surface area contributed by atoms with Crippen molar-refractivity contribution in [1.82, 2.24) is 4.31 Å². The lowest BCUT2D eigenvalue weighted by Gasteiger charge is -2.35. The molecule has 1 heterocycles. The standard InChI is InChI=1S/C29H32N2O6S/c1-19-10-12-23(13-11-19)16-30(38(34,35)28-21(3)14-20(2)15-22(28)4)18-27(32)31-17-26(29(33)36-5)37-25-9-7-6-8-24(25)31/h6-15,26H,16-18H2,1-5H3/t26-/m0/s1. The molecule has 1 aliphatic heterocycles. The summed E-state index contributed by atoms with van der Waals surface area (Å²) >= 11 is 0. The van der Waals surface area contributed by atoms with Gasteiger partial charge >= 0.3 is 5.97 Å². The van der Waals surface area contributed by atoms with Gasteiger partial charge in [-0.05, 0) is 56.5 Å². The lowest BCUT2D eigenvalue weighted by atomic mass is 10.1. The first-order valence-corrected chi connectivity index (χ1v) is 13.7. The lowest BCUT2D eigenvalue weighted by molar-refractivity contribution is -0.148. The maximum atomic E-state index is 14.1. The number of amides is 1. The van der Waals surface area contributed by atoms with Crippen LogP contribution >= 0.6 is 0 Å². The van der Waals surface area contributed by atoms with E-state index in [9.17, 15) is 18.0 Å². The number of esters is 1. The third kappa shape index (κ3) is 5.58. The van der Waals surface area contributed by atoms with Crippen molar-refractivity contribution in [2.24, 2.45) is 0 Å². The third-order valence-electron chi connectivity index (χ3n) is 6.53. The molecule has 0 unspecified atom stereocenters. The molecule has 0 radical (unpaired) electrons. The summed E-state index contributed by atoms with van der Waals surface area (Å²) in [6.07, 6.45) is -1.03. The van der Waals surface area contributed by atoms with Crippen molar-refractivity contribution in [3.8, 4) is 5.75 Å². The molecule has 3 aromatic carbocycles. The molecule has 1 aliphatic rings. The highest BCUT2D eigenvalue weighted by molar-refractivity contribution is 7.89. The average molecular weight is 537 g/mol. The third-order valence-corrected chi connectivity index (χ3v) is 8.63. The van der Waals surface area contributed by atoms with Crippen LogP contribution in [0.1, 0.15) is 27.8 Å². The molecule has 4 rings (SSSR count). The van der Waals surface area contributed by atoms with Gasteiger partial charge < -0.3 is 14.4 Å². The summed E-state index contributed by atoms with van der Waals surface area (Å²) in [5.74, 6) is -0.749. The number of anilines is 1. The highest BCUT2D eigenvalue weighted by Crippen LogP contribution is 2.34. The van der Waals surface area contributed by atoms with Gasteiger partial charge in [0.25, 0.3) is 0 Å². The number of fused-ring (bicyclic) bond motifs is 1. The minimum absolute atomic E-state index is 0.00747. The van der Waals surface area contributed by atoms with Crippen molar-refractivity contribution in [2.45, 2.75) is 45.2 Å². The van der Waals surface area contributed by atoms with Crippen molar-refractivity contribution < 1.29 is 27.5 Å². The van der Waals surface area contributed by atoms with Gasteiger partial charge in [-0.25, -0.2) is 13.2 Å². The summed E-state index contributed by atoms with van der Waals surface area (Å²) in [4.78, 5) is 27.7. The van der Waals surface area contributed by atoms with Crippen LogP contribution in [0.25, 0.3) is 0 Å². The molecule has 0 saturated heterocycles. The molecule has 0 aliphatic carbocycles. The Morgan fingerprint density at radius 2 is 1.61 bits per heavy atom. The predicted octanol–water partition coefficient (Wildman–Crippen LogP) is 4.08. The van der Waals surface area contributed by atoms with Crippen molar-refractivity contribution in [1.29, 1.82) is 0 Å². The van der Waals surface area contributed by atoms with Crippen LogP contribution in [0, 0.1) is 27.7 Å². The number of nitrogens with zero attached hydrogens (tertiary/aromatic N) is 2. The summed E-state index contributed by atoms with van der Waals surface area (Å²) in [6.45, 7) is 6.88. The fourth-order valence-corrected chi connectivity index (χ4v) is 6.58. The Hall–Kier alpha value is -3.69. The number of rotatable bonds is 7. The largest absolute Gasteiger partial charge is 0.475 e. The van der Waals surface area contributed by atoms with E-state index in [4.69, 9.17) is 9.47 Å². The number of methoxy groups -OCH3 is 1. The van der Waals surface area contributed by atoms with Gasteiger partial charge in [-0.1, -0.05) is 59.7 Å². The Bertz CT molecular complexity index is 1440. The zero-order chi connectivity index (χ0) is 27.6. The van der Waals surface area contributed by atoms with Crippen LogP contribution in [0.5, 0.6) is 5.75 Å². The lowest BCUT2D eigenvalue weighted by Crippen LogP contribution is -2.50. The zero-order valence-corrected chi connectivity index (χ0v) is 23.0. The van der Waals surface area contributed by atoms with Gasteiger partial charge in [0.1, 0.15) is 5.75 Å². The number of aryl methyl sites for hydroxylation is 4. The Morgan fingerprint density at radius 1 is 0.974 bits per heavy atom. The summed E-state index contributed by atoms with van der Waals surface area (Å²) in [6, 6.07) is 18.0. The first kappa shape index (κ1) is 27.3. The van der Waals surface area contributed by atoms with Gasteiger partial charge in [-0.15, -0.1) is 0 Å². The van der Waals surface area contributed by atoms with Gasteiger partial charge in [0.15, 0.2) is 0 Å². The Kier molecular flexibility index (Phi) is 7.89. The average Bonchev–Trinajstić information content (AvgIpc) is 2.87. The van der Waals surface area contributed by atoms with E-state index in [1.807, 2.05) is 50.2 Å². The van der Waals surface area contributed by atoms with E-state index >= 15 is 0 Å². The second-order valence-electron chi connectivity index (χ2n) is 9.59. The molecule has 8 nitrogen and oxygen atoms in total. The summed E-state index contributed by atoms with van der Waals surface area (Å²) in [5.41, 5.74) is 4.46. The molecule has 1 amide bonds. The second-order valence-corrected chi connectivity index (χ2v) is 11.5. The molecule has 0 spiro atoms. The Balaban J connectivity index is 1.74. The molecule has 200 valence electrons. The van der Waals surface area contributed by atoms with E-state index < -0.39 is 34.5 Å². The molecule has 0 saturated carbocycles. The molecule has 0 fully saturated rings. The van der Waals surface area contributed by atoms with Crippen LogP contribution in [-0.2, 0) is 30.9 Å². The van der Waals surface area contributed by atoms with Crippen molar-refractivity contribution in [2.75, 3.05) is 25.1 Å². The number of para-hydroxylation sites is 2. The number of benzene rings is 3. The molecule has 0 N–H and O–H groups in total. The summed E-state index contributed by atoms with van der Waals surface area (Å²) < 4.78 is 40.0. The zero-order valence-electron chi connectivity index (χ0n) is 22.2. The van der Waals surface area contributed by atoms with Crippen LogP contribution in [0.4, 0.5) is 5.69 Å². The predicted molar refractivity (Wildman–Crippen MR) is 145 cm³/mol. The van der Waals surface area contributed by atoms with Crippen LogP contribution in [0.15, 0.2) is 65.6 Å². The smallest absolute Gasteiger partial charge is 0.348 e. The SMILES string of the molecule is COC(=O)[C@@H]1CN(C(=O)CN(Cc2ccc(C)cc2)S(=O)(=O)c2c(C)cc(C)cc2C)c2ccccc2O1. The minimum Gasteiger partial charge on any atom is -0.475 e. The fraction of sp³-hybridized carbons (Fsp3) is 0.310. The molecular formula is C29H32N2O6S. The summed E-state index contributed by atoms with van der Waals surface area (Å²) in [7, 11) is -2.82. The normalized spacial score (nSPS) is 15.1. The van der Waals surface area contributed by atoms with Crippen molar-refractivity contribution in [3.63, 3.8) is 0 Å². The molecule has 0 aromatic heterocycles. The fourth-order valence-electron chi connectivity index (χ4n) is 4.79. The highest BCUT2D eigenvalue weighted by Gasteiger charge is 2.37. The minimum atomic E-state index is -4.07. The highest BCUT2D eigenvalue weighted by atomic mass is 32.2. The maximum Gasteiger partial charge on any atom is 0.348 e. The van der Waals surface area contributed by atoms with Crippen LogP contribution in [-0.4, -0.2) is 50.9 Å². The number of carbonyl (C=O) groups is 2. The first-order chi connectivity index (χ1) is 18.0. The van der Waals surface area contributed by atoms with E-state index in [-0.39, 0.29) is 18.0 Å². The van der Waals surface area contributed by atoms with E-state index in [0.29, 0.717) is 22.6 Å². The van der Waals surface area contributed by atoms with E-state index in [1.165, 1.54) is 16.3 Å². The summed E-state index contributed by atoms with van der Waals surface area (Å²) in [5, 5.41) is 0. The molecular weight excluding hydrogens is 504 g/mol. The van der Waals surface area contributed by atoms with Gasteiger partial charge in [-0.2, -0.15) is 4.31 Å². The topological polar surface area (TPSA) is 93.2 Å². The van der Waals surface area contributed by atoms with E-state index in [0.717, 1.165) is 16.7 Å². The molecule has 9 heteroatoms. The first-order valence-electron chi connectivity index (χ1n) is 12.3. The van der Waals surface area contributed by atoms with Gasteiger partial charge in [0.2, 0.25) is 22.0 Å². The van der Waals surface area contributed by atoms with Crippen molar-refractivity contribution in [3.05, 3.63) is 88.5 Å². The van der Waals surface area contributed by atoms with Crippen LogP contribution in [0.3, 0.4) is 0 Å². The Labute approximate surface area is 223 Å². The molecule has 38 heavy (non-hydrogen) atoms. The van der Waals surface area contributed by atoms with Crippen LogP contribution in [0.2, 0.25) is 0 Å². The number of hydrogen-bond acceptors (Lipinski definition) is 6. The van der Waals surface area contributed by atoms with Gasteiger partial charge in [0.05, 0.1) is 30.8 Å².